The van der Waals surface area contributed by atoms with Crippen molar-refractivity contribution in [1.29, 1.82) is 0 Å². The summed E-state index contributed by atoms with van der Waals surface area (Å²) in [6.07, 6.45) is -0.0183. The van der Waals surface area contributed by atoms with E-state index in [0.29, 0.717) is 12.5 Å². The van der Waals surface area contributed by atoms with Crippen molar-refractivity contribution in [3.63, 3.8) is 0 Å². The molecule has 0 aromatic carbocycles. The molecule has 1 unspecified atom stereocenters. The molecule has 0 bridgehead atoms. The lowest BCUT2D eigenvalue weighted by molar-refractivity contribution is 0.0229. The molecule has 102 valence electrons. The number of aryl methyl sites for hydroxylation is 1. The van der Waals surface area contributed by atoms with Crippen molar-refractivity contribution in [2.75, 3.05) is 13.2 Å². The molecule has 1 aromatic rings. The van der Waals surface area contributed by atoms with Crippen LogP contribution in [-0.4, -0.2) is 23.1 Å². The van der Waals surface area contributed by atoms with Crippen LogP contribution in [0.5, 0.6) is 0 Å². The molecule has 1 rings (SSSR count). The third-order valence-corrected chi connectivity index (χ3v) is 2.69. The molecular weight excluding hydrogens is 226 g/mol. The van der Waals surface area contributed by atoms with Crippen molar-refractivity contribution in [3.8, 4) is 0 Å². The Balaban J connectivity index is 2.95. The molecule has 0 saturated heterocycles. The maximum atomic E-state index is 5.76. The van der Waals surface area contributed by atoms with Crippen LogP contribution in [0.3, 0.4) is 0 Å². The van der Waals surface area contributed by atoms with Gasteiger partial charge in [-0.2, -0.15) is 0 Å². The van der Waals surface area contributed by atoms with E-state index in [1.165, 1.54) is 0 Å². The largest absolute Gasteiger partial charge is 0.370 e. The Morgan fingerprint density at radius 2 is 2.00 bits per heavy atom. The number of rotatable bonds is 7. The average Bonchev–Trinajstić information content (AvgIpc) is 2.32. The third kappa shape index (κ3) is 4.35. The fourth-order valence-electron chi connectivity index (χ4n) is 1.87. The summed E-state index contributed by atoms with van der Waals surface area (Å²) in [5, 5.41) is 3.29. The topological polar surface area (TPSA) is 47.0 Å². The predicted octanol–water partition coefficient (Wildman–Crippen LogP) is 2.63. The molecular formula is C14H25N3O. The van der Waals surface area contributed by atoms with Crippen molar-refractivity contribution >= 4 is 0 Å². The van der Waals surface area contributed by atoms with Crippen LogP contribution < -0.4 is 5.32 Å². The Kier molecular flexibility index (Phi) is 6.22. The van der Waals surface area contributed by atoms with E-state index in [1.807, 2.05) is 19.9 Å². The van der Waals surface area contributed by atoms with Gasteiger partial charge in [0.2, 0.25) is 0 Å². The van der Waals surface area contributed by atoms with E-state index >= 15 is 0 Å². The highest BCUT2D eigenvalue weighted by atomic mass is 16.5. The van der Waals surface area contributed by atoms with Crippen molar-refractivity contribution in [1.82, 2.24) is 15.3 Å². The van der Waals surface area contributed by atoms with E-state index in [1.54, 1.807) is 0 Å². The number of aromatic nitrogens is 2. The lowest BCUT2D eigenvalue weighted by atomic mass is 10.1. The average molecular weight is 251 g/mol. The third-order valence-electron chi connectivity index (χ3n) is 2.69. The molecule has 1 N–H and O–H groups in total. The summed E-state index contributed by atoms with van der Waals surface area (Å²) in [5.41, 5.74) is 2.03. The maximum Gasteiger partial charge on any atom is 0.157 e. The Labute approximate surface area is 110 Å². The summed E-state index contributed by atoms with van der Waals surface area (Å²) < 4.78 is 5.76. The molecule has 0 spiro atoms. The number of hydrogen-bond donors (Lipinski definition) is 1. The van der Waals surface area contributed by atoms with Crippen LogP contribution in [0.25, 0.3) is 0 Å². The summed E-state index contributed by atoms with van der Waals surface area (Å²) in [5.74, 6) is 1.18. The first-order chi connectivity index (χ1) is 8.58. The second kappa shape index (κ2) is 7.44. The lowest BCUT2D eigenvalue weighted by Crippen LogP contribution is -2.18. The van der Waals surface area contributed by atoms with Crippen LogP contribution in [0.2, 0.25) is 0 Å². The van der Waals surface area contributed by atoms with Crippen molar-refractivity contribution in [2.24, 2.45) is 5.92 Å². The summed E-state index contributed by atoms with van der Waals surface area (Å²) in [6.45, 7) is 12.8. The Bertz CT molecular complexity index is 366. The zero-order chi connectivity index (χ0) is 13.5. The maximum absolute atomic E-state index is 5.76. The van der Waals surface area contributed by atoms with Gasteiger partial charge in [-0.3, -0.25) is 0 Å². The number of nitrogens with one attached hydrogen (secondary N) is 1. The van der Waals surface area contributed by atoms with E-state index in [9.17, 15) is 0 Å². The number of ether oxygens (including phenoxy) is 1. The zero-order valence-corrected chi connectivity index (χ0v) is 12.2. The molecule has 0 saturated carbocycles. The summed E-state index contributed by atoms with van der Waals surface area (Å²) >= 11 is 0. The number of hydrogen-bond acceptors (Lipinski definition) is 4. The van der Waals surface area contributed by atoms with Crippen molar-refractivity contribution < 1.29 is 4.74 Å². The molecule has 0 fully saturated rings. The molecule has 1 heterocycles. The second-order valence-corrected chi connectivity index (χ2v) is 4.76. The molecule has 0 amide bonds. The van der Waals surface area contributed by atoms with Crippen LogP contribution in [0.1, 0.15) is 51.0 Å². The van der Waals surface area contributed by atoms with Crippen LogP contribution in [0.4, 0.5) is 0 Å². The minimum absolute atomic E-state index is 0.0183. The van der Waals surface area contributed by atoms with Gasteiger partial charge in [0.15, 0.2) is 5.82 Å². The van der Waals surface area contributed by atoms with Gasteiger partial charge in [-0.15, -0.1) is 0 Å². The highest BCUT2D eigenvalue weighted by molar-refractivity contribution is 5.11. The molecule has 1 aromatic heterocycles. The van der Waals surface area contributed by atoms with Crippen LogP contribution in [0, 0.1) is 12.8 Å². The summed E-state index contributed by atoms with van der Waals surface area (Å²) in [6, 6.07) is 2.02. The molecule has 18 heavy (non-hydrogen) atoms. The van der Waals surface area contributed by atoms with Gasteiger partial charge >= 0.3 is 0 Å². The predicted molar refractivity (Wildman–Crippen MR) is 73.4 cm³/mol. The van der Waals surface area contributed by atoms with Gasteiger partial charge < -0.3 is 10.1 Å². The monoisotopic (exact) mass is 251 g/mol. The minimum atomic E-state index is -0.0183. The second-order valence-electron chi connectivity index (χ2n) is 4.76. The molecule has 4 nitrogen and oxygen atoms in total. The molecule has 1 atom stereocenters. The SMILES string of the molecule is CCNCc1cc(C)nc(C(OCC)C(C)C)n1. The van der Waals surface area contributed by atoms with Gasteiger partial charge in [0.25, 0.3) is 0 Å². The fourth-order valence-corrected chi connectivity index (χ4v) is 1.87. The summed E-state index contributed by atoms with van der Waals surface area (Å²) in [7, 11) is 0. The van der Waals surface area contributed by atoms with E-state index < -0.39 is 0 Å². The van der Waals surface area contributed by atoms with Gasteiger partial charge in [0, 0.05) is 18.8 Å². The zero-order valence-electron chi connectivity index (χ0n) is 12.2. The first kappa shape index (κ1) is 15.1. The van der Waals surface area contributed by atoms with Gasteiger partial charge in [-0.25, -0.2) is 9.97 Å². The number of nitrogens with zero attached hydrogens (tertiary/aromatic N) is 2. The Morgan fingerprint density at radius 1 is 1.28 bits per heavy atom. The highest BCUT2D eigenvalue weighted by Gasteiger charge is 2.19. The summed E-state index contributed by atoms with van der Waals surface area (Å²) in [4.78, 5) is 9.13. The molecule has 4 heteroatoms. The first-order valence-electron chi connectivity index (χ1n) is 6.75. The lowest BCUT2D eigenvalue weighted by Gasteiger charge is -2.20. The van der Waals surface area contributed by atoms with Gasteiger partial charge in [-0.1, -0.05) is 20.8 Å². The molecule has 0 aliphatic carbocycles. The minimum Gasteiger partial charge on any atom is -0.370 e. The smallest absolute Gasteiger partial charge is 0.157 e. The fraction of sp³-hybridized carbons (Fsp3) is 0.714. The molecule has 0 aliphatic heterocycles. The normalized spacial score (nSPS) is 13.0. The highest BCUT2D eigenvalue weighted by Crippen LogP contribution is 2.23. The first-order valence-corrected chi connectivity index (χ1v) is 6.75. The van der Waals surface area contributed by atoms with Gasteiger partial charge in [-0.05, 0) is 32.4 Å². The Hall–Kier alpha value is -1.00. The van der Waals surface area contributed by atoms with Crippen molar-refractivity contribution in [2.45, 2.75) is 47.3 Å². The Morgan fingerprint density at radius 3 is 2.56 bits per heavy atom. The molecule has 0 aliphatic rings. The van der Waals surface area contributed by atoms with E-state index in [4.69, 9.17) is 4.74 Å². The van der Waals surface area contributed by atoms with Crippen molar-refractivity contribution in [3.05, 3.63) is 23.3 Å². The van der Waals surface area contributed by atoms with Crippen LogP contribution in [0.15, 0.2) is 6.07 Å². The molecule has 0 radical (unpaired) electrons. The van der Waals surface area contributed by atoms with Gasteiger partial charge in [0.05, 0.1) is 5.69 Å². The van der Waals surface area contributed by atoms with Gasteiger partial charge in [0.1, 0.15) is 6.10 Å². The standard InChI is InChI=1S/C14H25N3O/c1-6-15-9-12-8-11(5)16-14(17-12)13(10(3)4)18-7-2/h8,10,13,15H,6-7,9H2,1-5H3. The quantitative estimate of drug-likeness (QED) is 0.809. The van der Waals surface area contributed by atoms with Crippen LogP contribution in [-0.2, 0) is 11.3 Å². The van der Waals surface area contributed by atoms with E-state index in [2.05, 4.69) is 36.1 Å². The van der Waals surface area contributed by atoms with Crippen LogP contribution >= 0.6 is 0 Å². The van der Waals surface area contributed by atoms with E-state index in [0.717, 1.165) is 30.3 Å². The van der Waals surface area contributed by atoms with E-state index in [-0.39, 0.29) is 6.10 Å².